The first-order chi connectivity index (χ1) is 16.5. The molecule has 35 heavy (non-hydrogen) atoms. The highest BCUT2D eigenvalue weighted by atomic mass is 35.5. The van der Waals surface area contributed by atoms with Crippen LogP contribution < -0.4 is 5.32 Å². The SMILES string of the molecule is O=[N+]([O-])c1cc(O)c(C=Nc2ccccc2Nc2cc(Cl)c([N+](=O)[O-])cc2[N+](=O)[O-])c([N+](=O)[O-])c1. The summed E-state index contributed by atoms with van der Waals surface area (Å²) in [4.78, 5) is 45.3. The van der Waals surface area contributed by atoms with Crippen molar-refractivity contribution >= 4 is 57.6 Å². The minimum Gasteiger partial charge on any atom is -0.507 e. The molecule has 3 rings (SSSR count). The smallest absolute Gasteiger partial charge is 0.299 e. The van der Waals surface area contributed by atoms with Crippen LogP contribution in [-0.4, -0.2) is 31.0 Å². The normalized spacial score (nSPS) is 10.8. The third kappa shape index (κ3) is 5.25. The Labute approximate surface area is 198 Å². The molecular weight excluding hydrogens is 492 g/mol. The van der Waals surface area contributed by atoms with Gasteiger partial charge in [-0.05, 0) is 18.2 Å². The Balaban J connectivity index is 2.06. The maximum Gasteiger partial charge on any atom is 0.299 e. The number of nitrogens with one attached hydrogen (secondary N) is 1. The second-order valence-electron chi connectivity index (χ2n) is 6.65. The lowest BCUT2D eigenvalue weighted by atomic mass is 10.1. The van der Waals surface area contributed by atoms with E-state index >= 15 is 0 Å². The molecule has 0 aromatic heterocycles. The van der Waals surface area contributed by atoms with E-state index in [0.717, 1.165) is 18.3 Å². The van der Waals surface area contributed by atoms with E-state index in [1.165, 1.54) is 24.3 Å². The Morgan fingerprint density at radius 3 is 2.03 bits per heavy atom. The Morgan fingerprint density at radius 1 is 0.800 bits per heavy atom. The first kappa shape index (κ1) is 24.5. The second-order valence-corrected chi connectivity index (χ2v) is 7.05. The molecule has 178 valence electrons. The number of anilines is 2. The van der Waals surface area contributed by atoms with Crippen LogP contribution in [0, 0.1) is 40.5 Å². The topological polar surface area (TPSA) is 217 Å². The van der Waals surface area contributed by atoms with Crippen molar-refractivity contribution in [2.24, 2.45) is 4.99 Å². The van der Waals surface area contributed by atoms with Crippen LogP contribution in [0.4, 0.5) is 39.8 Å². The quantitative estimate of drug-likeness (QED) is 0.233. The van der Waals surface area contributed by atoms with E-state index in [1.807, 2.05) is 0 Å². The number of nitrogens with zero attached hydrogens (tertiary/aromatic N) is 5. The van der Waals surface area contributed by atoms with Gasteiger partial charge in [-0.15, -0.1) is 0 Å². The van der Waals surface area contributed by atoms with E-state index in [9.17, 15) is 45.6 Å². The van der Waals surface area contributed by atoms with Crippen molar-refractivity contribution in [1.29, 1.82) is 0 Å². The molecule has 0 atom stereocenters. The Kier molecular flexibility index (Phi) is 6.82. The minimum absolute atomic E-state index is 0.0864. The summed E-state index contributed by atoms with van der Waals surface area (Å²) in [6.45, 7) is 0. The van der Waals surface area contributed by atoms with Crippen LogP contribution >= 0.6 is 11.6 Å². The lowest BCUT2D eigenvalue weighted by molar-refractivity contribution is -0.394. The third-order valence-electron chi connectivity index (χ3n) is 4.49. The van der Waals surface area contributed by atoms with Gasteiger partial charge in [0.25, 0.3) is 22.7 Å². The van der Waals surface area contributed by atoms with Crippen LogP contribution in [0.25, 0.3) is 0 Å². The lowest BCUT2D eigenvalue weighted by Gasteiger charge is -2.10. The molecule has 0 bridgehead atoms. The Hall–Kier alpha value is -5.18. The van der Waals surface area contributed by atoms with Gasteiger partial charge in [0, 0.05) is 6.21 Å². The second kappa shape index (κ2) is 9.75. The summed E-state index contributed by atoms with van der Waals surface area (Å²) >= 11 is 5.87. The molecule has 0 unspecified atom stereocenters. The molecule has 0 saturated heterocycles. The minimum atomic E-state index is -0.930. The highest BCUT2D eigenvalue weighted by Gasteiger charge is 2.25. The van der Waals surface area contributed by atoms with E-state index in [-0.39, 0.29) is 22.1 Å². The summed E-state index contributed by atoms with van der Waals surface area (Å²) in [6.07, 6.45) is 0.898. The van der Waals surface area contributed by atoms with Crippen molar-refractivity contribution in [2.45, 2.75) is 0 Å². The zero-order valence-corrected chi connectivity index (χ0v) is 17.8. The molecule has 0 fully saturated rings. The zero-order chi connectivity index (χ0) is 25.9. The molecule has 0 aliphatic heterocycles. The van der Waals surface area contributed by atoms with Crippen molar-refractivity contribution < 1.29 is 24.8 Å². The molecule has 0 saturated carbocycles. The molecule has 0 aliphatic rings. The van der Waals surface area contributed by atoms with Crippen molar-refractivity contribution in [2.75, 3.05) is 5.32 Å². The lowest BCUT2D eigenvalue weighted by Crippen LogP contribution is -2.00. The zero-order valence-electron chi connectivity index (χ0n) is 17.0. The largest absolute Gasteiger partial charge is 0.507 e. The van der Waals surface area contributed by atoms with Gasteiger partial charge in [-0.25, -0.2) is 0 Å². The number of halogens is 1. The molecular formula is C19H11ClN6O9. The van der Waals surface area contributed by atoms with Crippen LogP contribution in [-0.2, 0) is 0 Å². The first-order valence-corrected chi connectivity index (χ1v) is 9.55. The van der Waals surface area contributed by atoms with E-state index in [0.29, 0.717) is 12.1 Å². The van der Waals surface area contributed by atoms with E-state index < -0.39 is 53.8 Å². The average molecular weight is 503 g/mol. The number of phenols is 1. The van der Waals surface area contributed by atoms with E-state index in [4.69, 9.17) is 11.6 Å². The summed E-state index contributed by atoms with van der Waals surface area (Å²) in [5.41, 5.74) is -3.18. The van der Waals surface area contributed by atoms with Crippen LogP contribution in [0.15, 0.2) is 53.5 Å². The number of non-ortho nitro benzene ring substituents is 1. The van der Waals surface area contributed by atoms with Gasteiger partial charge in [-0.1, -0.05) is 23.7 Å². The van der Waals surface area contributed by atoms with Gasteiger partial charge in [0.2, 0.25) is 0 Å². The van der Waals surface area contributed by atoms with Crippen LogP contribution in [0.1, 0.15) is 5.56 Å². The fraction of sp³-hybridized carbons (Fsp3) is 0. The number of benzene rings is 3. The predicted octanol–water partition coefficient (Wildman–Crippen LogP) is 5.17. The number of nitro benzene ring substituents is 4. The molecule has 16 heteroatoms. The Morgan fingerprint density at radius 2 is 1.43 bits per heavy atom. The molecule has 3 aromatic carbocycles. The summed E-state index contributed by atoms with van der Waals surface area (Å²) in [6, 6.07) is 8.99. The molecule has 0 amide bonds. The fourth-order valence-corrected chi connectivity index (χ4v) is 3.14. The van der Waals surface area contributed by atoms with Gasteiger partial charge in [-0.3, -0.25) is 45.4 Å². The van der Waals surface area contributed by atoms with Crippen LogP contribution in [0.2, 0.25) is 5.02 Å². The molecule has 2 N–H and O–H groups in total. The molecule has 15 nitrogen and oxygen atoms in total. The monoisotopic (exact) mass is 502 g/mol. The standard InChI is InChI=1S/C19H11ClN6O9/c20-12-7-15(18(26(34)35)8-17(12)25(32)33)22-14-4-2-1-3-13(14)21-9-11-16(24(30)31)5-10(23(28)29)6-19(11)27/h1-9,22,27H. The molecule has 0 radical (unpaired) electrons. The summed E-state index contributed by atoms with van der Waals surface area (Å²) in [5.74, 6) is -0.766. The number of para-hydroxylation sites is 2. The summed E-state index contributed by atoms with van der Waals surface area (Å²) < 4.78 is 0. The number of nitro groups is 4. The van der Waals surface area contributed by atoms with Gasteiger partial charge in [0.15, 0.2) is 0 Å². The van der Waals surface area contributed by atoms with Crippen molar-refractivity contribution in [3.05, 3.63) is 99.6 Å². The average Bonchev–Trinajstić information content (AvgIpc) is 2.78. The molecule has 0 spiro atoms. The van der Waals surface area contributed by atoms with E-state index in [1.54, 1.807) is 0 Å². The van der Waals surface area contributed by atoms with Gasteiger partial charge >= 0.3 is 0 Å². The van der Waals surface area contributed by atoms with Gasteiger partial charge in [0.05, 0.1) is 49.3 Å². The molecule has 3 aromatic rings. The number of aliphatic imine (C=N–C) groups is 1. The van der Waals surface area contributed by atoms with Gasteiger partial charge in [-0.2, -0.15) is 0 Å². The summed E-state index contributed by atoms with van der Waals surface area (Å²) in [5, 5.41) is 57.2. The van der Waals surface area contributed by atoms with Crippen molar-refractivity contribution in [3.63, 3.8) is 0 Å². The van der Waals surface area contributed by atoms with Gasteiger partial charge in [0.1, 0.15) is 22.0 Å². The third-order valence-corrected chi connectivity index (χ3v) is 4.80. The van der Waals surface area contributed by atoms with Crippen molar-refractivity contribution in [3.8, 4) is 5.75 Å². The predicted molar refractivity (Wildman–Crippen MR) is 123 cm³/mol. The van der Waals surface area contributed by atoms with Crippen LogP contribution in [0.3, 0.4) is 0 Å². The molecule has 0 aliphatic carbocycles. The van der Waals surface area contributed by atoms with Crippen LogP contribution in [0.5, 0.6) is 5.75 Å². The number of rotatable bonds is 8. The maximum absolute atomic E-state index is 11.4. The van der Waals surface area contributed by atoms with Gasteiger partial charge < -0.3 is 10.4 Å². The number of hydrogen-bond acceptors (Lipinski definition) is 11. The highest BCUT2D eigenvalue weighted by molar-refractivity contribution is 6.33. The number of aromatic hydroxyl groups is 1. The maximum atomic E-state index is 11.4. The number of phenolic OH excluding ortho intramolecular Hbond substituents is 1. The Bertz CT molecular complexity index is 1430. The van der Waals surface area contributed by atoms with Crippen molar-refractivity contribution in [1.82, 2.24) is 0 Å². The number of hydrogen-bond donors (Lipinski definition) is 2. The summed E-state index contributed by atoms with van der Waals surface area (Å²) in [7, 11) is 0. The van der Waals surface area contributed by atoms with E-state index in [2.05, 4.69) is 10.3 Å². The first-order valence-electron chi connectivity index (χ1n) is 9.17. The molecule has 0 heterocycles. The fourth-order valence-electron chi connectivity index (χ4n) is 2.91. The highest BCUT2D eigenvalue weighted by Crippen LogP contribution is 2.39.